The van der Waals surface area contributed by atoms with Crippen molar-refractivity contribution >= 4 is 31.3 Å². The Morgan fingerprint density at radius 2 is 1.97 bits per heavy atom. The molecule has 0 aliphatic heterocycles. The van der Waals surface area contributed by atoms with E-state index in [1.54, 1.807) is 6.07 Å². The third kappa shape index (κ3) is 6.45. The Hall–Kier alpha value is -2.74. The summed E-state index contributed by atoms with van der Waals surface area (Å²) in [5.74, 6) is -0.574. The first-order valence-electron chi connectivity index (χ1n) is 13.5. The van der Waals surface area contributed by atoms with Crippen LogP contribution in [0.25, 0.3) is 17.0 Å². The highest BCUT2D eigenvalue weighted by molar-refractivity contribution is 6.74. The number of aryl methyl sites for hydroxylation is 1. The van der Waals surface area contributed by atoms with Gasteiger partial charge in [0.15, 0.2) is 8.32 Å². The lowest BCUT2D eigenvalue weighted by Gasteiger charge is -2.37. The summed E-state index contributed by atoms with van der Waals surface area (Å²) in [5.41, 5.74) is 5.74. The summed E-state index contributed by atoms with van der Waals surface area (Å²) in [5, 5.41) is 1.25. The average molecular weight is 537 g/mol. The first-order valence-corrected chi connectivity index (χ1v) is 16.4. The average Bonchev–Trinajstić information content (AvgIpc) is 3.47. The van der Waals surface area contributed by atoms with Crippen molar-refractivity contribution in [3.05, 3.63) is 76.7 Å². The summed E-state index contributed by atoms with van der Waals surface area (Å²) >= 11 is 0. The van der Waals surface area contributed by atoms with Gasteiger partial charge in [-0.15, -0.1) is 0 Å². The zero-order chi connectivity index (χ0) is 27.5. The van der Waals surface area contributed by atoms with Gasteiger partial charge >= 0.3 is 5.97 Å². The molecule has 0 bridgehead atoms. The molecule has 38 heavy (non-hydrogen) atoms. The molecular weight excluding hydrogens is 495 g/mol. The largest absolute Gasteiger partial charge is 0.466 e. The lowest BCUT2D eigenvalue weighted by molar-refractivity contribution is -0.134. The number of nitrogens with zero attached hydrogens (tertiary/aromatic N) is 1. The van der Waals surface area contributed by atoms with E-state index in [1.807, 2.05) is 18.3 Å². The molecule has 2 aromatic carbocycles. The third-order valence-corrected chi connectivity index (χ3v) is 12.9. The van der Waals surface area contributed by atoms with Crippen molar-refractivity contribution in [2.24, 2.45) is 0 Å². The van der Waals surface area contributed by atoms with Crippen LogP contribution in [0, 0.1) is 5.82 Å². The predicted octanol–water partition coefficient (Wildman–Crippen LogP) is 7.05. The molecule has 1 aliphatic rings. The summed E-state index contributed by atoms with van der Waals surface area (Å²) in [7, 11) is -0.456. The number of methoxy groups -OCH3 is 1. The number of fused-ring (bicyclic) bond motifs is 2. The fourth-order valence-corrected chi connectivity index (χ4v) is 6.05. The minimum atomic E-state index is -1.84. The molecule has 1 N–H and O–H groups in total. The smallest absolute Gasteiger partial charge is 0.330 e. The van der Waals surface area contributed by atoms with Crippen molar-refractivity contribution < 1.29 is 18.3 Å². The minimum absolute atomic E-state index is 0.172. The zero-order valence-corrected chi connectivity index (χ0v) is 24.6. The van der Waals surface area contributed by atoms with Crippen LogP contribution in [0.3, 0.4) is 0 Å². The number of rotatable bonds is 10. The summed E-state index contributed by atoms with van der Waals surface area (Å²) in [6.07, 6.45) is 8.22. The van der Waals surface area contributed by atoms with Gasteiger partial charge in [-0.1, -0.05) is 39.0 Å². The topological polar surface area (TPSA) is 54.6 Å². The van der Waals surface area contributed by atoms with Gasteiger partial charge in [0.2, 0.25) is 0 Å². The molecule has 0 amide bonds. The van der Waals surface area contributed by atoms with Crippen LogP contribution in [0.15, 0.2) is 48.7 Å². The number of benzene rings is 2. The number of hydrogen-bond donors (Lipinski definition) is 1. The number of carbonyl (C=O) groups is 1. The van der Waals surface area contributed by atoms with Crippen LogP contribution < -0.4 is 0 Å². The summed E-state index contributed by atoms with van der Waals surface area (Å²) in [6, 6.07) is 11.7. The Morgan fingerprint density at radius 1 is 1.18 bits per heavy atom. The Balaban J connectivity index is 1.53. The Kier molecular flexibility index (Phi) is 8.60. The molecule has 3 aromatic rings. The van der Waals surface area contributed by atoms with Gasteiger partial charge in [-0.05, 0) is 83.9 Å². The van der Waals surface area contributed by atoms with E-state index in [2.05, 4.69) is 61.9 Å². The number of aromatic nitrogens is 1. The van der Waals surface area contributed by atoms with Gasteiger partial charge in [0.25, 0.3) is 0 Å². The number of esters is 1. The molecule has 0 saturated heterocycles. The Labute approximate surface area is 227 Å². The van der Waals surface area contributed by atoms with Crippen LogP contribution in [0.4, 0.5) is 4.39 Å². The standard InChI is InChI=1S/C31H41FN2O3Si/c1-31(2,3)38(5,6)37-18-17-34(16-15-24-21-33-28-20-25(32)10-12-26(24)28)29-13-9-23-19-22(7-11-27(23)29)8-14-30(35)36-4/h7-8,10-12,14,19-21,29,33H,9,13,15-18H2,1-6H3/b14-8+. The van der Waals surface area contributed by atoms with E-state index >= 15 is 0 Å². The minimum Gasteiger partial charge on any atom is -0.466 e. The second-order valence-corrected chi connectivity index (χ2v) is 16.6. The highest BCUT2D eigenvalue weighted by Crippen LogP contribution is 2.38. The number of carbonyl (C=O) groups excluding carboxylic acids is 1. The molecule has 7 heteroatoms. The monoisotopic (exact) mass is 536 g/mol. The molecule has 1 aliphatic carbocycles. The maximum absolute atomic E-state index is 13.7. The number of nitrogens with one attached hydrogen (secondary N) is 1. The zero-order valence-electron chi connectivity index (χ0n) is 23.6. The van der Waals surface area contributed by atoms with E-state index in [9.17, 15) is 9.18 Å². The fourth-order valence-electron chi connectivity index (χ4n) is 5.02. The van der Waals surface area contributed by atoms with Crippen molar-refractivity contribution in [3.63, 3.8) is 0 Å². The highest BCUT2D eigenvalue weighted by Gasteiger charge is 2.37. The highest BCUT2D eigenvalue weighted by atomic mass is 28.4. The van der Waals surface area contributed by atoms with E-state index in [0.717, 1.165) is 48.8 Å². The molecule has 1 atom stereocenters. The van der Waals surface area contributed by atoms with Crippen LogP contribution in [0.2, 0.25) is 18.1 Å². The number of halogens is 1. The van der Waals surface area contributed by atoms with Gasteiger partial charge in [-0.2, -0.15) is 0 Å². The van der Waals surface area contributed by atoms with E-state index < -0.39 is 8.32 Å². The second-order valence-electron chi connectivity index (χ2n) is 11.8. The van der Waals surface area contributed by atoms with Crippen LogP contribution in [0.1, 0.15) is 55.5 Å². The quantitative estimate of drug-likeness (QED) is 0.171. The molecule has 1 unspecified atom stereocenters. The molecule has 204 valence electrons. The lowest BCUT2D eigenvalue weighted by atomic mass is 10.0. The van der Waals surface area contributed by atoms with E-state index in [-0.39, 0.29) is 16.8 Å². The normalized spacial score (nSPS) is 16.1. The fraction of sp³-hybridized carbons (Fsp3) is 0.452. The number of ether oxygens (including phenoxy) is 1. The van der Waals surface area contributed by atoms with Gasteiger partial charge in [-0.3, -0.25) is 4.90 Å². The molecule has 4 rings (SSSR count). The van der Waals surface area contributed by atoms with Gasteiger partial charge in [-0.25, -0.2) is 9.18 Å². The maximum atomic E-state index is 13.7. The van der Waals surface area contributed by atoms with Crippen LogP contribution in [0.5, 0.6) is 0 Å². The van der Waals surface area contributed by atoms with E-state index in [4.69, 9.17) is 9.16 Å². The Morgan fingerprint density at radius 3 is 2.71 bits per heavy atom. The van der Waals surface area contributed by atoms with Crippen LogP contribution in [-0.4, -0.2) is 51.0 Å². The van der Waals surface area contributed by atoms with E-state index in [0.29, 0.717) is 12.6 Å². The SMILES string of the molecule is COC(=O)/C=C/c1ccc2c(c1)CCC2N(CCO[Si](C)(C)C(C)(C)C)CCc1c[nH]c2cc(F)ccc12. The van der Waals surface area contributed by atoms with Crippen molar-refractivity contribution in [2.45, 2.75) is 64.2 Å². The van der Waals surface area contributed by atoms with Gasteiger partial charge in [0.1, 0.15) is 5.82 Å². The first-order chi connectivity index (χ1) is 18.0. The van der Waals surface area contributed by atoms with Crippen molar-refractivity contribution in [1.82, 2.24) is 9.88 Å². The molecule has 0 radical (unpaired) electrons. The van der Waals surface area contributed by atoms with Crippen LogP contribution in [-0.2, 0) is 26.8 Å². The molecular formula is C31H41FN2O3Si. The van der Waals surface area contributed by atoms with Crippen molar-refractivity contribution in [1.29, 1.82) is 0 Å². The number of hydrogen-bond acceptors (Lipinski definition) is 4. The second kappa shape index (κ2) is 11.6. The first kappa shape index (κ1) is 28.3. The molecule has 0 saturated carbocycles. The summed E-state index contributed by atoms with van der Waals surface area (Å²) in [6.45, 7) is 13.9. The van der Waals surface area contributed by atoms with Crippen molar-refractivity contribution in [3.8, 4) is 0 Å². The third-order valence-electron chi connectivity index (χ3n) is 8.31. The van der Waals surface area contributed by atoms with Crippen molar-refractivity contribution in [2.75, 3.05) is 26.8 Å². The summed E-state index contributed by atoms with van der Waals surface area (Å²) in [4.78, 5) is 17.3. The summed E-state index contributed by atoms with van der Waals surface area (Å²) < 4.78 is 25.0. The van der Waals surface area contributed by atoms with E-state index in [1.165, 1.54) is 35.9 Å². The molecule has 5 nitrogen and oxygen atoms in total. The number of H-pyrrole nitrogens is 1. The Bertz CT molecular complexity index is 1310. The lowest BCUT2D eigenvalue weighted by Crippen LogP contribution is -2.43. The molecule has 1 aromatic heterocycles. The molecule has 0 spiro atoms. The maximum Gasteiger partial charge on any atom is 0.330 e. The number of aromatic amines is 1. The van der Waals surface area contributed by atoms with Gasteiger partial charge < -0.3 is 14.1 Å². The molecule has 0 fully saturated rings. The van der Waals surface area contributed by atoms with Gasteiger partial charge in [0, 0.05) is 48.9 Å². The van der Waals surface area contributed by atoms with Crippen LogP contribution >= 0.6 is 0 Å². The molecule has 1 heterocycles. The predicted molar refractivity (Wildman–Crippen MR) is 155 cm³/mol. The van der Waals surface area contributed by atoms with Gasteiger partial charge in [0.05, 0.1) is 7.11 Å².